The van der Waals surface area contributed by atoms with E-state index in [9.17, 15) is 0 Å². The van der Waals surface area contributed by atoms with Crippen LogP contribution in [0.3, 0.4) is 0 Å². The van der Waals surface area contributed by atoms with E-state index in [-0.39, 0.29) is 11.6 Å². The zero-order valence-electron chi connectivity index (χ0n) is 9.67. The standard InChI is InChI=1S/C11H17N3OS2/c12-10(9-6-13-14-17-9)8-1-3-15-11(5-8)2-4-16-7-11/h6,8,10H,1-5,7,12H2. The molecule has 3 atom stereocenters. The van der Waals surface area contributed by atoms with Crippen LogP contribution in [0.15, 0.2) is 6.20 Å². The fraction of sp³-hybridized carbons (Fsp3) is 0.818. The molecule has 0 bridgehead atoms. The van der Waals surface area contributed by atoms with Crippen molar-refractivity contribution in [1.82, 2.24) is 9.59 Å². The first-order chi connectivity index (χ1) is 8.29. The Bertz CT molecular complexity index is 365. The third-order valence-corrected chi connectivity index (χ3v) is 5.80. The summed E-state index contributed by atoms with van der Waals surface area (Å²) >= 11 is 3.43. The maximum absolute atomic E-state index is 6.33. The van der Waals surface area contributed by atoms with E-state index in [0.717, 1.165) is 30.1 Å². The SMILES string of the molecule is NC(c1cnns1)C1CCOC2(CCSC2)C1. The van der Waals surface area contributed by atoms with Crippen LogP contribution in [0.1, 0.15) is 30.2 Å². The minimum absolute atomic E-state index is 0.0846. The highest BCUT2D eigenvalue weighted by Crippen LogP contribution is 2.43. The van der Waals surface area contributed by atoms with E-state index in [1.807, 2.05) is 11.8 Å². The second-order valence-electron chi connectivity index (χ2n) is 4.93. The number of hydrogen-bond donors (Lipinski definition) is 1. The summed E-state index contributed by atoms with van der Waals surface area (Å²) in [5.74, 6) is 2.88. The van der Waals surface area contributed by atoms with E-state index in [4.69, 9.17) is 10.5 Å². The van der Waals surface area contributed by atoms with Crippen molar-refractivity contribution in [3.63, 3.8) is 0 Å². The van der Waals surface area contributed by atoms with Gasteiger partial charge in [0.15, 0.2) is 0 Å². The molecule has 17 heavy (non-hydrogen) atoms. The Morgan fingerprint density at radius 3 is 3.24 bits per heavy atom. The van der Waals surface area contributed by atoms with Gasteiger partial charge in [-0.1, -0.05) is 4.49 Å². The van der Waals surface area contributed by atoms with Crippen molar-refractivity contribution < 1.29 is 4.74 Å². The highest BCUT2D eigenvalue weighted by Gasteiger charge is 2.42. The number of hydrogen-bond acceptors (Lipinski definition) is 6. The molecule has 2 aliphatic heterocycles. The molecule has 2 fully saturated rings. The molecule has 2 saturated heterocycles. The lowest BCUT2D eigenvalue weighted by Crippen LogP contribution is -2.42. The summed E-state index contributed by atoms with van der Waals surface area (Å²) in [4.78, 5) is 1.11. The van der Waals surface area contributed by atoms with E-state index in [1.165, 1.54) is 23.7 Å². The molecule has 1 aromatic rings. The third kappa shape index (κ3) is 2.36. The lowest BCUT2D eigenvalue weighted by Gasteiger charge is -2.39. The molecule has 0 saturated carbocycles. The van der Waals surface area contributed by atoms with Crippen molar-refractivity contribution in [3.8, 4) is 0 Å². The van der Waals surface area contributed by atoms with Gasteiger partial charge in [0.25, 0.3) is 0 Å². The number of nitrogens with two attached hydrogens (primary N) is 1. The summed E-state index contributed by atoms with van der Waals surface area (Å²) in [6.07, 6.45) is 5.15. The summed E-state index contributed by atoms with van der Waals surface area (Å²) in [7, 11) is 0. The van der Waals surface area contributed by atoms with Crippen LogP contribution >= 0.6 is 23.3 Å². The van der Waals surface area contributed by atoms with Crippen LogP contribution in [0.4, 0.5) is 0 Å². The Morgan fingerprint density at radius 2 is 2.53 bits per heavy atom. The molecule has 0 amide bonds. The molecule has 3 rings (SSSR count). The van der Waals surface area contributed by atoms with E-state index < -0.39 is 0 Å². The zero-order chi connectivity index (χ0) is 11.7. The largest absolute Gasteiger partial charge is 0.374 e. The van der Waals surface area contributed by atoms with Crippen molar-refractivity contribution in [3.05, 3.63) is 11.1 Å². The molecule has 2 aliphatic rings. The number of aromatic nitrogens is 2. The lowest BCUT2D eigenvalue weighted by molar-refractivity contribution is -0.0832. The molecule has 0 aromatic carbocycles. The Balaban J connectivity index is 1.71. The van der Waals surface area contributed by atoms with Gasteiger partial charge >= 0.3 is 0 Å². The molecule has 1 spiro atoms. The molecule has 4 nitrogen and oxygen atoms in total. The van der Waals surface area contributed by atoms with Gasteiger partial charge in [0.1, 0.15) is 0 Å². The predicted octanol–water partition coefficient (Wildman–Crippen LogP) is 1.84. The molecule has 3 unspecified atom stereocenters. The van der Waals surface area contributed by atoms with Crippen molar-refractivity contribution in [2.45, 2.75) is 30.9 Å². The van der Waals surface area contributed by atoms with Crippen LogP contribution in [-0.2, 0) is 4.74 Å². The number of thioether (sulfide) groups is 1. The van der Waals surface area contributed by atoms with E-state index in [0.29, 0.717) is 5.92 Å². The fourth-order valence-corrected chi connectivity index (χ4v) is 4.76. The maximum Gasteiger partial charge on any atom is 0.0783 e. The minimum atomic E-state index is 0.0846. The zero-order valence-corrected chi connectivity index (χ0v) is 11.3. The second kappa shape index (κ2) is 4.84. The van der Waals surface area contributed by atoms with E-state index in [2.05, 4.69) is 9.59 Å². The van der Waals surface area contributed by atoms with Crippen LogP contribution in [0.25, 0.3) is 0 Å². The smallest absolute Gasteiger partial charge is 0.0783 e. The summed E-state index contributed by atoms with van der Waals surface area (Å²) in [5.41, 5.74) is 6.45. The second-order valence-corrected chi connectivity index (χ2v) is 6.86. The highest BCUT2D eigenvalue weighted by molar-refractivity contribution is 7.99. The van der Waals surface area contributed by atoms with Crippen molar-refractivity contribution in [1.29, 1.82) is 0 Å². The Kier molecular flexibility index (Phi) is 3.38. The molecule has 2 N–H and O–H groups in total. The minimum Gasteiger partial charge on any atom is -0.374 e. The van der Waals surface area contributed by atoms with Crippen molar-refractivity contribution >= 4 is 23.3 Å². The van der Waals surface area contributed by atoms with Gasteiger partial charge in [-0.3, -0.25) is 0 Å². The molecule has 94 valence electrons. The van der Waals surface area contributed by atoms with Gasteiger partial charge in [-0.2, -0.15) is 11.8 Å². The molecule has 0 aliphatic carbocycles. The predicted molar refractivity (Wildman–Crippen MR) is 70.2 cm³/mol. The molecule has 0 radical (unpaired) electrons. The monoisotopic (exact) mass is 271 g/mol. The van der Waals surface area contributed by atoms with Gasteiger partial charge in [-0.15, -0.1) is 5.10 Å². The normalized spacial score (nSPS) is 35.2. The molecule has 3 heterocycles. The maximum atomic E-state index is 6.33. The van der Waals surface area contributed by atoms with Crippen LogP contribution < -0.4 is 5.73 Å². The van der Waals surface area contributed by atoms with Gasteiger partial charge in [-0.05, 0) is 42.5 Å². The lowest BCUT2D eigenvalue weighted by atomic mass is 9.81. The summed E-state index contributed by atoms with van der Waals surface area (Å²) in [6, 6.07) is 0.0846. The topological polar surface area (TPSA) is 61.0 Å². The third-order valence-electron chi connectivity index (χ3n) is 3.81. The van der Waals surface area contributed by atoms with Crippen LogP contribution in [-0.4, -0.2) is 33.3 Å². The summed E-state index contributed by atoms with van der Waals surface area (Å²) < 4.78 is 9.92. The number of ether oxygens (including phenoxy) is 1. The highest BCUT2D eigenvalue weighted by atomic mass is 32.2. The van der Waals surface area contributed by atoms with Gasteiger partial charge in [0.05, 0.1) is 16.7 Å². The van der Waals surface area contributed by atoms with Gasteiger partial charge in [0, 0.05) is 18.4 Å². The van der Waals surface area contributed by atoms with E-state index in [1.54, 1.807) is 6.20 Å². The number of rotatable bonds is 2. The van der Waals surface area contributed by atoms with Crippen LogP contribution in [0.5, 0.6) is 0 Å². The molecular weight excluding hydrogens is 254 g/mol. The van der Waals surface area contributed by atoms with Crippen molar-refractivity contribution in [2.24, 2.45) is 11.7 Å². The Hall–Kier alpha value is -0.170. The van der Waals surface area contributed by atoms with Gasteiger partial charge in [0.2, 0.25) is 0 Å². The first-order valence-corrected chi connectivity index (χ1v) is 7.96. The summed E-state index contributed by atoms with van der Waals surface area (Å²) in [6.45, 7) is 0.852. The van der Waals surface area contributed by atoms with E-state index >= 15 is 0 Å². The molecule has 1 aromatic heterocycles. The molecular formula is C11H17N3OS2. The Labute approximate surface area is 109 Å². The average molecular weight is 271 g/mol. The van der Waals surface area contributed by atoms with Gasteiger partial charge in [-0.25, -0.2) is 0 Å². The first-order valence-electron chi connectivity index (χ1n) is 6.04. The van der Waals surface area contributed by atoms with Crippen LogP contribution in [0.2, 0.25) is 0 Å². The molecule has 6 heteroatoms. The Morgan fingerprint density at radius 1 is 1.59 bits per heavy atom. The van der Waals surface area contributed by atoms with Crippen LogP contribution in [0, 0.1) is 5.92 Å². The average Bonchev–Trinajstić information content (AvgIpc) is 3.00. The fourth-order valence-electron chi connectivity index (χ4n) is 2.79. The number of nitrogens with zero attached hydrogens (tertiary/aromatic N) is 2. The summed E-state index contributed by atoms with van der Waals surface area (Å²) in [5, 5.41) is 3.88. The van der Waals surface area contributed by atoms with Crippen molar-refractivity contribution in [2.75, 3.05) is 18.1 Å². The quantitative estimate of drug-likeness (QED) is 0.889. The first kappa shape index (κ1) is 11.9. The van der Waals surface area contributed by atoms with Gasteiger partial charge < -0.3 is 10.5 Å².